The van der Waals surface area contributed by atoms with Crippen LogP contribution in [0.15, 0.2) is 33.9 Å². The standard InChI is InChI=1S/C11H12FN3OS/c1-7-14-15-11(16-7)17-6-10(13)8-2-4-9(12)5-3-8/h2-5,10H,6,13H2,1H3. The lowest BCUT2D eigenvalue weighted by molar-refractivity contribution is 0.429. The molecule has 0 fully saturated rings. The van der Waals surface area contributed by atoms with Crippen LogP contribution in [0.2, 0.25) is 0 Å². The van der Waals surface area contributed by atoms with Gasteiger partial charge in [-0.25, -0.2) is 4.39 Å². The van der Waals surface area contributed by atoms with Crippen LogP contribution in [0.25, 0.3) is 0 Å². The van der Waals surface area contributed by atoms with Crippen molar-refractivity contribution in [2.45, 2.75) is 18.2 Å². The summed E-state index contributed by atoms with van der Waals surface area (Å²) in [6.07, 6.45) is 0. The molecule has 0 aliphatic carbocycles. The second-order valence-electron chi connectivity index (χ2n) is 3.56. The van der Waals surface area contributed by atoms with Gasteiger partial charge in [-0.1, -0.05) is 23.9 Å². The molecule has 0 spiro atoms. The molecule has 0 aliphatic heterocycles. The molecule has 2 N–H and O–H groups in total. The van der Waals surface area contributed by atoms with Gasteiger partial charge in [0, 0.05) is 18.7 Å². The van der Waals surface area contributed by atoms with Crippen LogP contribution in [0.4, 0.5) is 4.39 Å². The molecule has 0 saturated heterocycles. The number of aromatic nitrogens is 2. The van der Waals surface area contributed by atoms with Crippen molar-refractivity contribution < 1.29 is 8.81 Å². The van der Waals surface area contributed by atoms with Crippen molar-refractivity contribution in [3.8, 4) is 0 Å². The summed E-state index contributed by atoms with van der Waals surface area (Å²) in [6.45, 7) is 1.73. The molecule has 90 valence electrons. The van der Waals surface area contributed by atoms with Gasteiger partial charge in [-0.15, -0.1) is 10.2 Å². The van der Waals surface area contributed by atoms with E-state index in [9.17, 15) is 4.39 Å². The summed E-state index contributed by atoms with van der Waals surface area (Å²) in [7, 11) is 0. The number of nitrogens with zero attached hydrogens (tertiary/aromatic N) is 2. The van der Waals surface area contributed by atoms with Crippen molar-refractivity contribution in [1.29, 1.82) is 0 Å². The van der Waals surface area contributed by atoms with Crippen LogP contribution in [0, 0.1) is 12.7 Å². The third kappa shape index (κ3) is 3.28. The predicted molar refractivity (Wildman–Crippen MR) is 63.1 cm³/mol. The number of thioether (sulfide) groups is 1. The number of hydrogen-bond acceptors (Lipinski definition) is 5. The van der Waals surface area contributed by atoms with E-state index in [1.807, 2.05) is 0 Å². The van der Waals surface area contributed by atoms with E-state index in [1.54, 1.807) is 19.1 Å². The summed E-state index contributed by atoms with van der Waals surface area (Å²) in [5, 5.41) is 8.08. The molecule has 0 amide bonds. The highest BCUT2D eigenvalue weighted by atomic mass is 32.2. The molecule has 1 atom stereocenters. The number of benzene rings is 1. The topological polar surface area (TPSA) is 64.9 Å². The molecule has 0 aliphatic rings. The molecule has 6 heteroatoms. The number of aryl methyl sites for hydroxylation is 1. The van der Waals surface area contributed by atoms with Crippen LogP contribution in [-0.4, -0.2) is 16.0 Å². The van der Waals surface area contributed by atoms with Gasteiger partial charge in [0.1, 0.15) is 5.82 Å². The van der Waals surface area contributed by atoms with Gasteiger partial charge < -0.3 is 10.2 Å². The van der Waals surface area contributed by atoms with Crippen LogP contribution >= 0.6 is 11.8 Å². The van der Waals surface area contributed by atoms with E-state index in [-0.39, 0.29) is 11.9 Å². The van der Waals surface area contributed by atoms with Crippen LogP contribution in [-0.2, 0) is 0 Å². The van der Waals surface area contributed by atoms with E-state index in [1.165, 1.54) is 23.9 Å². The zero-order valence-corrected chi connectivity index (χ0v) is 10.1. The molecule has 1 aromatic heterocycles. The van der Waals surface area contributed by atoms with Gasteiger partial charge in [0.25, 0.3) is 5.22 Å². The highest BCUT2D eigenvalue weighted by molar-refractivity contribution is 7.99. The lowest BCUT2D eigenvalue weighted by Gasteiger charge is -2.09. The number of halogens is 1. The van der Waals surface area contributed by atoms with Gasteiger partial charge in [0.05, 0.1) is 0 Å². The first-order valence-electron chi connectivity index (χ1n) is 5.09. The Labute approximate surface area is 102 Å². The average molecular weight is 253 g/mol. The molecular formula is C11H12FN3OS. The summed E-state index contributed by atoms with van der Waals surface area (Å²) in [5.41, 5.74) is 6.85. The average Bonchev–Trinajstić information content (AvgIpc) is 2.73. The summed E-state index contributed by atoms with van der Waals surface area (Å²) in [5.74, 6) is 0.872. The normalized spacial score (nSPS) is 12.6. The first-order valence-corrected chi connectivity index (χ1v) is 6.07. The molecule has 0 saturated carbocycles. The van der Waals surface area contributed by atoms with E-state index in [0.717, 1.165) is 5.56 Å². The van der Waals surface area contributed by atoms with Crippen molar-refractivity contribution in [3.63, 3.8) is 0 Å². The predicted octanol–water partition coefficient (Wildman–Crippen LogP) is 2.31. The monoisotopic (exact) mass is 253 g/mol. The Bertz CT molecular complexity index is 486. The minimum atomic E-state index is -0.263. The molecule has 17 heavy (non-hydrogen) atoms. The number of rotatable bonds is 4. The van der Waals surface area contributed by atoms with Crippen LogP contribution < -0.4 is 5.73 Å². The fraction of sp³-hybridized carbons (Fsp3) is 0.273. The lowest BCUT2D eigenvalue weighted by atomic mass is 10.1. The maximum atomic E-state index is 12.7. The largest absolute Gasteiger partial charge is 0.416 e. The Morgan fingerprint density at radius 3 is 2.65 bits per heavy atom. The minimum absolute atomic E-state index is 0.187. The Kier molecular flexibility index (Phi) is 3.75. The lowest BCUT2D eigenvalue weighted by Crippen LogP contribution is -2.12. The quantitative estimate of drug-likeness (QED) is 0.847. The smallest absolute Gasteiger partial charge is 0.276 e. The molecule has 4 nitrogen and oxygen atoms in total. The van der Waals surface area contributed by atoms with Gasteiger partial charge in [-0.3, -0.25) is 0 Å². The SMILES string of the molecule is Cc1nnc(SCC(N)c2ccc(F)cc2)o1. The zero-order chi connectivity index (χ0) is 12.3. The first-order chi connectivity index (χ1) is 8.15. The Hall–Kier alpha value is -1.40. The Balaban J connectivity index is 1.93. The van der Waals surface area contributed by atoms with Crippen LogP contribution in [0.3, 0.4) is 0 Å². The maximum Gasteiger partial charge on any atom is 0.276 e. The van der Waals surface area contributed by atoms with E-state index in [0.29, 0.717) is 16.9 Å². The minimum Gasteiger partial charge on any atom is -0.416 e. The Morgan fingerprint density at radius 2 is 2.06 bits per heavy atom. The maximum absolute atomic E-state index is 12.7. The van der Waals surface area contributed by atoms with Crippen LogP contribution in [0.1, 0.15) is 17.5 Å². The van der Waals surface area contributed by atoms with Gasteiger partial charge in [-0.2, -0.15) is 0 Å². The van der Waals surface area contributed by atoms with Crippen molar-refractivity contribution in [2.75, 3.05) is 5.75 Å². The second-order valence-corrected chi connectivity index (χ2v) is 4.53. The van der Waals surface area contributed by atoms with Gasteiger partial charge in [-0.05, 0) is 17.7 Å². The van der Waals surface area contributed by atoms with E-state index in [4.69, 9.17) is 10.2 Å². The third-order valence-corrected chi connectivity index (χ3v) is 3.13. The molecule has 2 rings (SSSR count). The fourth-order valence-electron chi connectivity index (χ4n) is 1.30. The second kappa shape index (κ2) is 5.29. The summed E-state index contributed by atoms with van der Waals surface area (Å²) < 4.78 is 17.9. The van der Waals surface area contributed by atoms with Crippen molar-refractivity contribution in [3.05, 3.63) is 41.5 Å². The molecule has 1 unspecified atom stereocenters. The van der Waals surface area contributed by atoms with E-state index >= 15 is 0 Å². The van der Waals surface area contributed by atoms with Crippen molar-refractivity contribution in [2.24, 2.45) is 5.73 Å². The summed E-state index contributed by atoms with van der Waals surface area (Å²) in [6, 6.07) is 5.97. The van der Waals surface area contributed by atoms with Crippen molar-refractivity contribution >= 4 is 11.8 Å². The molecule has 1 heterocycles. The van der Waals surface area contributed by atoms with E-state index in [2.05, 4.69) is 10.2 Å². The highest BCUT2D eigenvalue weighted by Gasteiger charge is 2.09. The van der Waals surface area contributed by atoms with Crippen LogP contribution in [0.5, 0.6) is 0 Å². The molecule has 0 radical (unpaired) electrons. The fourth-order valence-corrected chi connectivity index (χ4v) is 2.10. The van der Waals surface area contributed by atoms with Gasteiger partial charge in [0.2, 0.25) is 5.89 Å². The highest BCUT2D eigenvalue weighted by Crippen LogP contribution is 2.22. The van der Waals surface area contributed by atoms with E-state index < -0.39 is 0 Å². The van der Waals surface area contributed by atoms with Gasteiger partial charge >= 0.3 is 0 Å². The first kappa shape index (κ1) is 12.1. The van der Waals surface area contributed by atoms with Gasteiger partial charge in [0.15, 0.2) is 0 Å². The molecule has 0 bridgehead atoms. The number of nitrogens with two attached hydrogens (primary N) is 1. The number of hydrogen-bond donors (Lipinski definition) is 1. The Morgan fingerprint density at radius 1 is 1.35 bits per heavy atom. The summed E-state index contributed by atoms with van der Waals surface area (Å²) in [4.78, 5) is 0. The summed E-state index contributed by atoms with van der Waals surface area (Å²) >= 11 is 1.39. The molecule has 1 aromatic carbocycles. The molecule has 2 aromatic rings. The zero-order valence-electron chi connectivity index (χ0n) is 9.26. The third-order valence-electron chi connectivity index (χ3n) is 2.19. The molecular weight excluding hydrogens is 241 g/mol. The van der Waals surface area contributed by atoms with Crippen molar-refractivity contribution in [1.82, 2.24) is 10.2 Å².